The van der Waals surface area contributed by atoms with Crippen LogP contribution in [0.3, 0.4) is 0 Å². The molecule has 158 valence electrons. The molecule has 0 fully saturated rings. The Morgan fingerprint density at radius 2 is 1.59 bits per heavy atom. The Kier molecular flexibility index (Phi) is 5.15. The second kappa shape index (κ2) is 8.27. The summed E-state index contributed by atoms with van der Waals surface area (Å²) < 4.78 is 1.66. The van der Waals surface area contributed by atoms with Gasteiger partial charge in [0.25, 0.3) is 11.5 Å². The van der Waals surface area contributed by atoms with E-state index < -0.39 is 0 Å². The highest BCUT2D eigenvalue weighted by atomic mass is 16.2. The minimum atomic E-state index is -0.115. The fraction of sp³-hybridized carbons (Fsp3) is 0.148. The van der Waals surface area contributed by atoms with E-state index in [1.54, 1.807) is 16.7 Å². The Morgan fingerprint density at radius 1 is 0.875 bits per heavy atom. The number of amides is 1. The minimum Gasteiger partial charge on any atom is -0.308 e. The van der Waals surface area contributed by atoms with Gasteiger partial charge in [-0.15, -0.1) is 0 Å². The molecule has 0 radical (unpaired) electrons. The molecule has 4 aromatic rings. The quantitative estimate of drug-likeness (QED) is 0.437. The Hall–Kier alpha value is -3.99. The number of rotatable bonds is 5. The molecular formula is C27H23N3O2. The third-order valence-corrected chi connectivity index (χ3v) is 5.76. The van der Waals surface area contributed by atoms with Crippen LogP contribution in [0.2, 0.25) is 0 Å². The summed E-state index contributed by atoms with van der Waals surface area (Å²) in [5.41, 5.74) is 3.85. The average molecular weight is 422 g/mol. The van der Waals surface area contributed by atoms with E-state index >= 15 is 0 Å². The van der Waals surface area contributed by atoms with Crippen molar-refractivity contribution < 1.29 is 4.79 Å². The van der Waals surface area contributed by atoms with Crippen LogP contribution in [0.15, 0.2) is 83.7 Å². The maximum absolute atomic E-state index is 13.4. The molecule has 1 aromatic heterocycles. The first kappa shape index (κ1) is 19.9. The number of benzene rings is 3. The number of carbonyl (C=O) groups excluding carboxylic acids is 1. The molecule has 1 aliphatic rings. The van der Waals surface area contributed by atoms with Gasteiger partial charge in [0, 0.05) is 12.1 Å². The number of hydrogen-bond acceptors (Lipinski definition) is 3. The lowest BCUT2D eigenvalue weighted by Crippen LogP contribution is -2.27. The largest absolute Gasteiger partial charge is 0.308 e. The van der Waals surface area contributed by atoms with Gasteiger partial charge in [0.1, 0.15) is 5.82 Å². The number of aromatic nitrogens is 2. The Morgan fingerprint density at radius 3 is 2.41 bits per heavy atom. The zero-order valence-corrected chi connectivity index (χ0v) is 17.9. The van der Waals surface area contributed by atoms with Gasteiger partial charge in [-0.2, -0.15) is 0 Å². The molecule has 0 saturated carbocycles. The molecule has 1 aliphatic heterocycles. The van der Waals surface area contributed by atoms with Crippen LogP contribution in [-0.2, 0) is 11.3 Å². The van der Waals surface area contributed by atoms with Gasteiger partial charge >= 0.3 is 0 Å². The summed E-state index contributed by atoms with van der Waals surface area (Å²) in [6.07, 6.45) is 2.63. The van der Waals surface area contributed by atoms with Gasteiger partial charge in [0.15, 0.2) is 0 Å². The molecule has 2 heterocycles. The number of fused-ring (bicyclic) bond motifs is 2. The van der Waals surface area contributed by atoms with Gasteiger partial charge in [0.2, 0.25) is 0 Å². The van der Waals surface area contributed by atoms with E-state index in [0.29, 0.717) is 35.4 Å². The predicted molar refractivity (Wildman–Crippen MR) is 129 cm³/mol. The van der Waals surface area contributed by atoms with E-state index in [1.165, 1.54) is 0 Å². The highest BCUT2D eigenvalue weighted by Gasteiger charge is 2.31. The topological polar surface area (TPSA) is 55.2 Å². The van der Waals surface area contributed by atoms with Crippen LogP contribution in [0.4, 0.5) is 5.69 Å². The Bertz CT molecular complexity index is 1400. The number of para-hydroxylation sites is 2. The van der Waals surface area contributed by atoms with Crippen molar-refractivity contribution in [2.45, 2.75) is 19.9 Å². The molecule has 1 amide bonds. The molecular weight excluding hydrogens is 398 g/mol. The summed E-state index contributed by atoms with van der Waals surface area (Å²) in [6.45, 7) is 3.08. The Balaban J connectivity index is 1.72. The third-order valence-electron chi connectivity index (χ3n) is 5.76. The van der Waals surface area contributed by atoms with Crippen LogP contribution in [0.25, 0.3) is 22.6 Å². The van der Waals surface area contributed by atoms with Crippen molar-refractivity contribution in [3.63, 3.8) is 0 Å². The van der Waals surface area contributed by atoms with Crippen molar-refractivity contribution >= 4 is 34.1 Å². The lowest BCUT2D eigenvalue weighted by atomic mass is 10.1. The van der Waals surface area contributed by atoms with E-state index in [1.807, 2.05) is 77.7 Å². The van der Waals surface area contributed by atoms with Gasteiger partial charge < -0.3 is 4.90 Å². The maximum Gasteiger partial charge on any atom is 0.261 e. The molecule has 0 atom stereocenters. The second-order valence-electron chi connectivity index (χ2n) is 7.90. The smallest absolute Gasteiger partial charge is 0.261 e. The zero-order chi connectivity index (χ0) is 22.1. The van der Waals surface area contributed by atoms with Crippen LogP contribution in [0.1, 0.15) is 30.3 Å². The van der Waals surface area contributed by atoms with Crippen LogP contribution >= 0.6 is 0 Å². The minimum absolute atomic E-state index is 0.0540. The molecule has 0 N–H and O–H groups in total. The van der Waals surface area contributed by atoms with E-state index in [9.17, 15) is 9.59 Å². The molecule has 0 saturated heterocycles. The van der Waals surface area contributed by atoms with Crippen LogP contribution < -0.4 is 10.5 Å². The monoisotopic (exact) mass is 421 g/mol. The summed E-state index contributed by atoms with van der Waals surface area (Å²) in [5, 5.41) is 0.566. The molecule has 5 nitrogen and oxygen atoms in total. The second-order valence-corrected chi connectivity index (χ2v) is 7.90. The SMILES string of the molecule is CCCN1C(=O)/C(=C/c2nc3ccccc3c(=O)n2Cc2ccccc2)c2ccccc21. The molecule has 32 heavy (non-hydrogen) atoms. The van der Waals surface area contributed by atoms with Gasteiger partial charge in [0.05, 0.1) is 28.7 Å². The van der Waals surface area contributed by atoms with Crippen molar-refractivity contribution in [1.82, 2.24) is 9.55 Å². The molecule has 5 rings (SSSR count). The van der Waals surface area contributed by atoms with Crippen molar-refractivity contribution in [2.75, 3.05) is 11.4 Å². The van der Waals surface area contributed by atoms with Crippen LogP contribution in [0.5, 0.6) is 0 Å². The van der Waals surface area contributed by atoms with Crippen molar-refractivity contribution in [3.05, 3.63) is 106 Å². The number of carbonyl (C=O) groups is 1. The molecule has 0 spiro atoms. The van der Waals surface area contributed by atoms with Crippen molar-refractivity contribution in [2.24, 2.45) is 0 Å². The highest BCUT2D eigenvalue weighted by molar-refractivity contribution is 6.35. The molecule has 0 bridgehead atoms. The average Bonchev–Trinajstić information content (AvgIpc) is 3.08. The van der Waals surface area contributed by atoms with E-state index in [2.05, 4.69) is 6.92 Å². The fourth-order valence-corrected chi connectivity index (χ4v) is 4.24. The summed E-state index contributed by atoms with van der Waals surface area (Å²) >= 11 is 0. The Labute approximate surface area is 186 Å². The van der Waals surface area contributed by atoms with Gasteiger partial charge in [-0.05, 0) is 36.3 Å². The molecule has 0 aliphatic carbocycles. The zero-order valence-electron chi connectivity index (χ0n) is 17.9. The third kappa shape index (κ3) is 3.42. The van der Waals surface area contributed by atoms with E-state index in [0.717, 1.165) is 23.2 Å². The summed E-state index contributed by atoms with van der Waals surface area (Å²) in [6, 6.07) is 24.9. The fourth-order valence-electron chi connectivity index (χ4n) is 4.24. The first-order valence-electron chi connectivity index (χ1n) is 10.8. The molecule has 0 unspecified atom stereocenters. The van der Waals surface area contributed by atoms with Gasteiger partial charge in [-0.3, -0.25) is 14.2 Å². The van der Waals surface area contributed by atoms with Gasteiger partial charge in [-0.25, -0.2) is 4.98 Å². The first-order chi connectivity index (χ1) is 15.7. The number of hydrogen-bond donors (Lipinski definition) is 0. The van der Waals surface area contributed by atoms with Crippen molar-refractivity contribution in [1.29, 1.82) is 0 Å². The first-order valence-corrected chi connectivity index (χ1v) is 10.8. The van der Waals surface area contributed by atoms with E-state index in [4.69, 9.17) is 4.98 Å². The summed E-state index contributed by atoms with van der Waals surface area (Å²) in [5.74, 6) is 0.427. The lowest BCUT2D eigenvalue weighted by molar-refractivity contribution is -0.113. The standard InChI is InChI=1S/C27H23N3O2/c1-2-16-29-24-15-9-7-12-20(24)22(27(29)32)17-25-28-23-14-8-6-13-21(23)26(31)30(25)18-19-10-4-3-5-11-19/h3-15,17H,2,16,18H2,1H3/b22-17+. The summed E-state index contributed by atoms with van der Waals surface area (Å²) in [4.78, 5) is 33.3. The van der Waals surface area contributed by atoms with E-state index in [-0.39, 0.29) is 11.5 Å². The lowest BCUT2D eigenvalue weighted by Gasteiger charge is -2.15. The molecule has 5 heteroatoms. The normalized spacial score (nSPS) is 14.3. The number of anilines is 1. The summed E-state index contributed by atoms with van der Waals surface area (Å²) in [7, 11) is 0. The van der Waals surface area contributed by atoms with Crippen molar-refractivity contribution in [3.8, 4) is 0 Å². The predicted octanol–water partition coefficient (Wildman–Crippen LogP) is 4.74. The van der Waals surface area contributed by atoms with Gasteiger partial charge in [-0.1, -0.05) is 67.6 Å². The number of nitrogens with zero attached hydrogens (tertiary/aromatic N) is 3. The molecule has 3 aromatic carbocycles. The van der Waals surface area contributed by atoms with Crippen LogP contribution in [-0.4, -0.2) is 22.0 Å². The maximum atomic E-state index is 13.4. The van der Waals surface area contributed by atoms with Crippen LogP contribution in [0, 0.1) is 0 Å². The highest BCUT2D eigenvalue weighted by Crippen LogP contribution is 2.37.